The highest BCUT2D eigenvalue weighted by molar-refractivity contribution is 7.11. The van der Waals surface area contributed by atoms with Crippen LogP contribution < -0.4 is 19.9 Å². The molecule has 3 aromatic rings. The molecule has 0 radical (unpaired) electrons. The van der Waals surface area contributed by atoms with Crippen LogP contribution in [0, 0.1) is 0 Å². The van der Waals surface area contributed by atoms with Crippen LogP contribution >= 0.6 is 11.3 Å². The van der Waals surface area contributed by atoms with Crippen LogP contribution in [-0.4, -0.2) is 31.5 Å². The van der Waals surface area contributed by atoms with E-state index in [1.807, 2.05) is 73.0 Å². The molecule has 3 heterocycles. The first-order valence-corrected chi connectivity index (χ1v) is 12.1. The molecule has 33 heavy (non-hydrogen) atoms. The first-order valence-electron chi connectivity index (χ1n) is 11.2. The molecule has 0 bridgehead atoms. The number of nitrogens with one attached hydrogen (secondary N) is 1. The maximum atomic E-state index is 13.6. The maximum Gasteiger partial charge on any atom is 0.282 e. The highest BCUT2D eigenvalue weighted by Crippen LogP contribution is 2.37. The zero-order valence-electron chi connectivity index (χ0n) is 18.4. The van der Waals surface area contributed by atoms with Crippen molar-refractivity contribution in [1.29, 1.82) is 0 Å². The fourth-order valence-corrected chi connectivity index (χ4v) is 5.07. The fraction of sp³-hybridized carbons (Fsp3) is 0.231. The van der Waals surface area contributed by atoms with E-state index in [0.29, 0.717) is 29.3 Å². The normalized spacial score (nSPS) is 16.2. The van der Waals surface area contributed by atoms with Gasteiger partial charge >= 0.3 is 0 Å². The third-order valence-electron chi connectivity index (χ3n) is 5.88. The number of para-hydroxylation sites is 2. The molecule has 1 N–H and O–H groups in total. The summed E-state index contributed by atoms with van der Waals surface area (Å²) in [5.41, 5.74) is 2.97. The Kier molecular flexibility index (Phi) is 5.88. The first kappa shape index (κ1) is 21.3. The molecule has 1 fully saturated rings. The van der Waals surface area contributed by atoms with Gasteiger partial charge in [0.25, 0.3) is 11.8 Å². The average molecular weight is 460 g/mol. The molecule has 2 aliphatic heterocycles. The van der Waals surface area contributed by atoms with Crippen LogP contribution in [0.1, 0.15) is 24.6 Å². The number of imide groups is 1. The predicted molar refractivity (Wildman–Crippen MR) is 133 cm³/mol. The number of benzene rings is 2. The molecule has 2 amide bonds. The van der Waals surface area contributed by atoms with Crippen molar-refractivity contribution < 1.29 is 14.3 Å². The monoisotopic (exact) mass is 459 g/mol. The van der Waals surface area contributed by atoms with Crippen molar-refractivity contribution in [1.82, 2.24) is 0 Å². The molecule has 2 aromatic carbocycles. The van der Waals surface area contributed by atoms with E-state index < -0.39 is 0 Å². The summed E-state index contributed by atoms with van der Waals surface area (Å²) >= 11 is 1.44. The average Bonchev–Trinajstić information content (AvgIpc) is 3.58. The molecule has 0 saturated carbocycles. The molecule has 6 nitrogen and oxygen atoms in total. The Bertz CT molecular complexity index is 1200. The van der Waals surface area contributed by atoms with Gasteiger partial charge in [0.15, 0.2) is 0 Å². The number of carbonyl (C=O) groups excluding carboxylic acids is 2. The summed E-state index contributed by atoms with van der Waals surface area (Å²) in [5.74, 6) is -0.0666. The molecule has 0 unspecified atom stereocenters. The van der Waals surface area contributed by atoms with E-state index >= 15 is 0 Å². The van der Waals surface area contributed by atoms with Crippen molar-refractivity contribution in [2.45, 2.75) is 19.8 Å². The summed E-state index contributed by atoms with van der Waals surface area (Å²) in [7, 11) is 0. The smallest absolute Gasteiger partial charge is 0.282 e. The van der Waals surface area contributed by atoms with E-state index in [2.05, 4.69) is 10.2 Å². The lowest BCUT2D eigenvalue weighted by molar-refractivity contribution is -0.120. The molecule has 1 aromatic heterocycles. The second-order valence-electron chi connectivity index (χ2n) is 7.94. The predicted octanol–water partition coefficient (Wildman–Crippen LogP) is 5.14. The molecular formula is C26H25N3O3S. The minimum atomic E-state index is -0.372. The largest absolute Gasteiger partial charge is 0.492 e. The van der Waals surface area contributed by atoms with Crippen molar-refractivity contribution >= 4 is 45.8 Å². The maximum absolute atomic E-state index is 13.6. The molecule has 0 spiro atoms. The lowest BCUT2D eigenvalue weighted by Gasteiger charge is -2.20. The summed E-state index contributed by atoms with van der Waals surface area (Å²) in [4.78, 5) is 31.4. The summed E-state index contributed by atoms with van der Waals surface area (Å²) in [5, 5.41) is 5.11. The van der Waals surface area contributed by atoms with E-state index in [1.54, 1.807) is 0 Å². The number of hydrogen-bond acceptors (Lipinski definition) is 6. The minimum absolute atomic E-state index is 0.262. The number of thiophene rings is 1. The highest BCUT2D eigenvalue weighted by atomic mass is 32.1. The Morgan fingerprint density at radius 2 is 1.64 bits per heavy atom. The molecule has 0 aliphatic carbocycles. The fourth-order valence-electron chi connectivity index (χ4n) is 4.30. The Hall–Kier alpha value is -3.58. The van der Waals surface area contributed by atoms with Crippen molar-refractivity contribution in [2.75, 3.05) is 34.8 Å². The third-order valence-corrected chi connectivity index (χ3v) is 6.76. The molecule has 168 valence electrons. The van der Waals surface area contributed by atoms with Crippen LogP contribution in [0.3, 0.4) is 0 Å². The van der Waals surface area contributed by atoms with Gasteiger partial charge in [-0.3, -0.25) is 9.59 Å². The van der Waals surface area contributed by atoms with Gasteiger partial charge in [0, 0.05) is 23.7 Å². The number of nitrogens with zero attached hydrogens (tertiary/aromatic N) is 2. The topological polar surface area (TPSA) is 61.9 Å². The van der Waals surface area contributed by atoms with Gasteiger partial charge in [0.1, 0.15) is 11.4 Å². The van der Waals surface area contributed by atoms with Crippen LogP contribution in [0.25, 0.3) is 5.57 Å². The number of carbonyl (C=O) groups is 2. The van der Waals surface area contributed by atoms with Crippen LogP contribution in [0.15, 0.2) is 71.7 Å². The molecule has 7 heteroatoms. The van der Waals surface area contributed by atoms with Gasteiger partial charge in [-0.05, 0) is 67.6 Å². The highest BCUT2D eigenvalue weighted by Gasteiger charge is 2.41. The van der Waals surface area contributed by atoms with Crippen molar-refractivity contribution in [2.24, 2.45) is 0 Å². The molecule has 5 rings (SSSR count). The van der Waals surface area contributed by atoms with Crippen molar-refractivity contribution in [3.05, 3.63) is 76.6 Å². The van der Waals surface area contributed by atoms with E-state index in [0.717, 1.165) is 23.7 Å². The molecule has 1 saturated heterocycles. The van der Waals surface area contributed by atoms with Gasteiger partial charge in [-0.1, -0.05) is 18.2 Å². The zero-order chi connectivity index (χ0) is 22.8. The van der Waals surface area contributed by atoms with E-state index in [1.165, 1.54) is 29.1 Å². The van der Waals surface area contributed by atoms with Gasteiger partial charge in [0.2, 0.25) is 0 Å². The second-order valence-corrected chi connectivity index (χ2v) is 8.89. The van der Waals surface area contributed by atoms with Crippen LogP contribution in [0.4, 0.5) is 17.1 Å². The molecular weight excluding hydrogens is 434 g/mol. The lowest BCUT2D eigenvalue weighted by Crippen LogP contribution is -2.32. The molecule has 2 aliphatic rings. The Labute approximate surface area is 197 Å². The van der Waals surface area contributed by atoms with Gasteiger partial charge in [-0.15, -0.1) is 11.3 Å². The van der Waals surface area contributed by atoms with Gasteiger partial charge in [-0.25, -0.2) is 4.90 Å². The quantitative estimate of drug-likeness (QED) is 0.496. The summed E-state index contributed by atoms with van der Waals surface area (Å²) in [6.45, 7) is 4.49. The first-order chi connectivity index (χ1) is 16.2. The zero-order valence-corrected chi connectivity index (χ0v) is 19.2. The summed E-state index contributed by atoms with van der Waals surface area (Å²) in [6.07, 6.45) is 2.38. The van der Waals surface area contributed by atoms with Gasteiger partial charge in [0.05, 0.1) is 23.6 Å². The van der Waals surface area contributed by atoms with Crippen LogP contribution in [0.5, 0.6) is 5.75 Å². The SMILES string of the molecule is CCOc1ccccc1NC1=C(c2cccs2)C(=O)N(c2ccc(N3CCCC3)cc2)C1=O. The van der Waals surface area contributed by atoms with Gasteiger partial charge in [-0.2, -0.15) is 0 Å². The summed E-state index contributed by atoms with van der Waals surface area (Å²) in [6, 6.07) is 18.9. The second kappa shape index (κ2) is 9.11. The third kappa shape index (κ3) is 4.00. The lowest BCUT2D eigenvalue weighted by atomic mass is 10.1. The Morgan fingerprint density at radius 3 is 2.33 bits per heavy atom. The number of anilines is 3. The standard InChI is InChI=1S/C26H25N3O3S/c1-2-32-21-9-4-3-8-20(21)27-24-23(22-10-7-17-33-22)25(30)29(26(24)31)19-13-11-18(12-14-19)28-15-5-6-16-28/h3-4,7-14,17,27H,2,5-6,15-16H2,1H3. The number of amides is 2. The number of rotatable bonds is 7. The number of hydrogen-bond donors (Lipinski definition) is 1. The van der Waals surface area contributed by atoms with Gasteiger partial charge < -0.3 is 15.0 Å². The van der Waals surface area contributed by atoms with E-state index in [9.17, 15) is 9.59 Å². The van der Waals surface area contributed by atoms with Crippen molar-refractivity contribution in [3.8, 4) is 5.75 Å². The minimum Gasteiger partial charge on any atom is -0.492 e. The van der Waals surface area contributed by atoms with E-state index in [4.69, 9.17) is 4.74 Å². The van der Waals surface area contributed by atoms with E-state index in [-0.39, 0.29) is 17.5 Å². The van der Waals surface area contributed by atoms with Crippen LogP contribution in [-0.2, 0) is 9.59 Å². The van der Waals surface area contributed by atoms with Crippen molar-refractivity contribution in [3.63, 3.8) is 0 Å². The Balaban J connectivity index is 1.50. The summed E-state index contributed by atoms with van der Waals surface area (Å²) < 4.78 is 5.71. The van der Waals surface area contributed by atoms with Crippen LogP contribution in [0.2, 0.25) is 0 Å². The number of ether oxygens (including phenoxy) is 1. The molecule has 0 atom stereocenters. The Morgan fingerprint density at radius 1 is 0.909 bits per heavy atom.